The summed E-state index contributed by atoms with van der Waals surface area (Å²) in [5.41, 5.74) is 4.12. The Labute approximate surface area is 118 Å². The molecule has 0 bridgehead atoms. The summed E-state index contributed by atoms with van der Waals surface area (Å²) in [4.78, 5) is 2.19. The molecule has 1 aromatic heterocycles. The first kappa shape index (κ1) is 12.7. The van der Waals surface area contributed by atoms with Crippen LogP contribution in [0.4, 0.5) is 0 Å². The van der Waals surface area contributed by atoms with Crippen molar-refractivity contribution in [2.24, 2.45) is 0 Å². The number of hydrogen-bond acceptors (Lipinski definition) is 2. The maximum Gasteiger partial charge on any atom is 0.182 e. The van der Waals surface area contributed by atoms with Gasteiger partial charge in [0.05, 0.1) is 0 Å². The quantitative estimate of drug-likeness (QED) is 0.886. The fraction of sp³-hybridized carbons (Fsp3) is 0.438. The summed E-state index contributed by atoms with van der Waals surface area (Å²) in [7, 11) is 0. The normalized spacial score (nSPS) is 14.4. The largest absolute Gasteiger partial charge is 0.321 e. The number of aromatic nitrogens is 1. The van der Waals surface area contributed by atoms with Crippen LogP contribution in [0.25, 0.3) is 0 Å². The highest BCUT2D eigenvalue weighted by molar-refractivity contribution is 7.09. The maximum absolute atomic E-state index is 8.15. The number of rotatable bonds is 3. The Kier molecular flexibility index (Phi) is 3.56. The minimum absolute atomic E-state index is 0.735. The van der Waals surface area contributed by atoms with Gasteiger partial charge in [-0.2, -0.15) is 0 Å². The summed E-state index contributed by atoms with van der Waals surface area (Å²) in [6.07, 6.45) is 5.96. The molecule has 3 heteroatoms. The van der Waals surface area contributed by atoms with Crippen molar-refractivity contribution in [2.45, 2.75) is 45.6 Å². The molecule has 0 saturated heterocycles. The Balaban J connectivity index is 1.78. The molecule has 19 heavy (non-hydrogen) atoms. The second-order valence-corrected chi connectivity index (χ2v) is 6.46. The number of hydrogen-bond donors (Lipinski definition) is 1. The molecule has 0 spiro atoms. The summed E-state index contributed by atoms with van der Waals surface area (Å²) >= 11 is 1.68. The van der Waals surface area contributed by atoms with Gasteiger partial charge in [0.15, 0.2) is 4.80 Å². The van der Waals surface area contributed by atoms with Gasteiger partial charge in [0.1, 0.15) is 0 Å². The molecule has 0 radical (unpaired) electrons. The third-order valence-corrected chi connectivity index (χ3v) is 5.02. The van der Waals surface area contributed by atoms with Gasteiger partial charge in [0, 0.05) is 17.1 Å². The second-order valence-electron chi connectivity index (χ2n) is 5.37. The van der Waals surface area contributed by atoms with E-state index in [2.05, 4.69) is 35.8 Å². The molecule has 2 nitrogen and oxygen atoms in total. The lowest BCUT2D eigenvalue weighted by molar-refractivity contribution is 0.587. The molecule has 0 amide bonds. The molecule has 0 fully saturated rings. The van der Waals surface area contributed by atoms with Gasteiger partial charge >= 0.3 is 0 Å². The van der Waals surface area contributed by atoms with Gasteiger partial charge in [-0.1, -0.05) is 29.8 Å². The van der Waals surface area contributed by atoms with Crippen molar-refractivity contribution in [3.8, 4) is 0 Å². The van der Waals surface area contributed by atoms with Crippen LogP contribution in [0.5, 0.6) is 0 Å². The van der Waals surface area contributed by atoms with E-state index in [4.69, 9.17) is 5.41 Å². The van der Waals surface area contributed by atoms with E-state index in [1.165, 1.54) is 47.4 Å². The number of nitrogens with zero attached hydrogens (tertiary/aromatic N) is 1. The van der Waals surface area contributed by atoms with Gasteiger partial charge in [0.2, 0.25) is 0 Å². The van der Waals surface area contributed by atoms with Crippen molar-refractivity contribution in [3.05, 3.63) is 50.8 Å². The molecule has 1 aliphatic carbocycles. The van der Waals surface area contributed by atoms with Crippen molar-refractivity contribution in [2.75, 3.05) is 0 Å². The Morgan fingerprint density at radius 3 is 2.68 bits per heavy atom. The van der Waals surface area contributed by atoms with Gasteiger partial charge in [-0.25, -0.2) is 0 Å². The molecule has 0 saturated carbocycles. The lowest BCUT2D eigenvalue weighted by Crippen LogP contribution is -2.18. The lowest BCUT2D eigenvalue weighted by atomic mass is 10.0. The van der Waals surface area contributed by atoms with Gasteiger partial charge in [-0.15, -0.1) is 11.3 Å². The SMILES string of the molecule is Cc1ccc(CCn2c3c(sc2=N)CCCC3)cc1. The standard InChI is InChI=1S/C16H20N2S/c1-12-6-8-13(9-7-12)10-11-18-14-4-2-3-5-15(14)19-16(18)17/h6-9,17H,2-5,10-11H2,1H3. The monoisotopic (exact) mass is 272 g/mol. The molecule has 1 heterocycles. The van der Waals surface area contributed by atoms with Gasteiger partial charge < -0.3 is 4.57 Å². The number of thiazole rings is 1. The van der Waals surface area contributed by atoms with Crippen molar-refractivity contribution in [1.82, 2.24) is 4.57 Å². The van der Waals surface area contributed by atoms with Crippen molar-refractivity contribution in [1.29, 1.82) is 5.41 Å². The summed E-state index contributed by atoms with van der Waals surface area (Å²) in [5.74, 6) is 0. The van der Waals surface area contributed by atoms with E-state index in [1.54, 1.807) is 11.3 Å². The van der Waals surface area contributed by atoms with E-state index >= 15 is 0 Å². The zero-order valence-corrected chi connectivity index (χ0v) is 12.2. The second kappa shape index (κ2) is 5.33. The van der Waals surface area contributed by atoms with E-state index in [1.807, 2.05) is 0 Å². The molecule has 100 valence electrons. The smallest absolute Gasteiger partial charge is 0.182 e. The highest BCUT2D eigenvalue weighted by Gasteiger charge is 2.16. The zero-order valence-electron chi connectivity index (χ0n) is 11.4. The van der Waals surface area contributed by atoms with E-state index < -0.39 is 0 Å². The van der Waals surface area contributed by atoms with Crippen molar-refractivity contribution in [3.63, 3.8) is 0 Å². The average Bonchev–Trinajstić information content (AvgIpc) is 2.74. The van der Waals surface area contributed by atoms with E-state index in [-0.39, 0.29) is 0 Å². The topological polar surface area (TPSA) is 28.8 Å². The average molecular weight is 272 g/mol. The van der Waals surface area contributed by atoms with Gasteiger partial charge in [-0.3, -0.25) is 5.41 Å². The van der Waals surface area contributed by atoms with E-state index in [0.717, 1.165) is 17.8 Å². The van der Waals surface area contributed by atoms with Crippen LogP contribution >= 0.6 is 11.3 Å². The van der Waals surface area contributed by atoms with Crippen molar-refractivity contribution >= 4 is 11.3 Å². The lowest BCUT2D eigenvalue weighted by Gasteiger charge is -2.14. The van der Waals surface area contributed by atoms with Gasteiger partial charge in [-0.05, 0) is 44.6 Å². The van der Waals surface area contributed by atoms with Crippen LogP contribution in [0.1, 0.15) is 34.5 Å². The number of nitrogens with one attached hydrogen (secondary N) is 1. The molecule has 0 aliphatic heterocycles. The first-order valence-electron chi connectivity index (χ1n) is 7.05. The maximum atomic E-state index is 8.15. The summed E-state index contributed by atoms with van der Waals surface area (Å²) < 4.78 is 2.24. The van der Waals surface area contributed by atoms with Crippen LogP contribution in [0.2, 0.25) is 0 Å². The zero-order chi connectivity index (χ0) is 13.2. The molecular weight excluding hydrogens is 252 g/mol. The first-order chi connectivity index (χ1) is 9.24. The summed E-state index contributed by atoms with van der Waals surface area (Å²) in [6, 6.07) is 8.76. The molecule has 1 aliphatic rings. The molecule has 1 N–H and O–H groups in total. The van der Waals surface area contributed by atoms with Crippen LogP contribution in [-0.4, -0.2) is 4.57 Å². The molecule has 0 atom stereocenters. The molecular formula is C16H20N2S. The predicted molar refractivity (Wildman–Crippen MR) is 79.7 cm³/mol. The van der Waals surface area contributed by atoms with Crippen LogP contribution in [0, 0.1) is 12.3 Å². The van der Waals surface area contributed by atoms with Gasteiger partial charge in [0.25, 0.3) is 0 Å². The van der Waals surface area contributed by atoms with E-state index in [0.29, 0.717) is 0 Å². The first-order valence-corrected chi connectivity index (χ1v) is 7.87. The summed E-state index contributed by atoms with van der Waals surface area (Å²) in [5, 5.41) is 8.15. The minimum Gasteiger partial charge on any atom is -0.321 e. The molecule has 0 unspecified atom stereocenters. The fourth-order valence-electron chi connectivity index (χ4n) is 2.78. The molecule has 3 rings (SSSR count). The third-order valence-electron chi connectivity index (χ3n) is 3.92. The van der Waals surface area contributed by atoms with Crippen LogP contribution in [-0.2, 0) is 25.8 Å². The summed E-state index contributed by atoms with van der Waals surface area (Å²) in [6.45, 7) is 3.07. The van der Waals surface area contributed by atoms with E-state index in [9.17, 15) is 0 Å². The highest BCUT2D eigenvalue weighted by Crippen LogP contribution is 2.23. The van der Waals surface area contributed by atoms with Crippen LogP contribution in [0.3, 0.4) is 0 Å². The Morgan fingerprint density at radius 2 is 1.89 bits per heavy atom. The van der Waals surface area contributed by atoms with Crippen molar-refractivity contribution < 1.29 is 0 Å². The number of benzene rings is 1. The Morgan fingerprint density at radius 1 is 1.16 bits per heavy atom. The number of aryl methyl sites for hydroxylation is 3. The minimum atomic E-state index is 0.735. The van der Waals surface area contributed by atoms with Crippen LogP contribution < -0.4 is 4.80 Å². The highest BCUT2D eigenvalue weighted by atomic mass is 32.1. The van der Waals surface area contributed by atoms with Crippen LogP contribution in [0.15, 0.2) is 24.3 Å². The predicted octanol–water partition coefficient (Wildman–Crippen LogP) is 3.46. The fourth-order valence-corrected chi connectivity index (χ4v) is 3.91. The molecule has 1 aromatic carbocycles. The molecule has 2 aromatic rings. The third kappa shape index (κ3) is 2.66. The Bertz CT molecular complexity index is 619. The Hall–Kier alpha value is -1.35. The number of fused-ring (bicyclic) bond motifs is 1.